The van der Waals surface area contributed by atoms with Gasteiger partial charge in [-0.05, 0) is 25.5 Å². The minimum atomic E-state index is -3.61. The van der Waals surface area contributed by atoms with Crippen molar-refractivity contribution in [1.82, 2.24) is 20.3 Å². The fourth-order valence-corrected chi connectivity index (χ4v) is 3.33. The van der Waals surface area contributed by atoms with Crippen LogP contribution >= 0.6 is 0 Å². The highest BCUT2D eigenvalue weighted by atomic mass is 19.3. The molecule has 0 aromatic carbocycles. The number of anilines is 1. The number of carboxylic acid groups (broad SMARTS) is 1. The van der Waals surface area contributed by atoms with Crippen LogP contribution in [0.4, 0.5) is 14.5 Å². The summed E-state index contributed by atoms with van der Waals surface area (Å²) in [6.07, 6.45) is 2.26. The normalized spacial score (nSPS) is 16.8. The molecule has 3 rings (SSSR count). The summed E-state index contributed by atoms with van der Waals surface area (Å²) in [5.74, 6) is -3.74. The highest BCUT2D eigenvalue weighted by molar-refractivity contribution is 5.89. The van der Waals surface area contributed by atoms with E-state index in [0.29, 0.717) is 16.8 Å². The number of carbonyl (C=O) groups is 2. The Labute approximate surface area is 171 Å². The first-order valence-electron chi connectivity index (χ1n) is 9.12. The van der Waals surface area contributed by atoms with Crippen LogP contribution in [0.3, 0.4) is 0 Å². The lowest BCUT2D eigenvalue weighted by molar-refractivity contribution is -0.137. The van der Waals surface area contributed by atoms with Crippen LogP contribution in [0.1, 0.15) is 34.9 Å². The van der Waals surface area contributed by atoms with Gasteiger partial charge in [-0.1, -0.05) is 0 Å². The fourth-order valence-electron chi connectivity index (χ4n) is 3.33. The van der Waals surface area contributed by atoms with Crippen molar-refractivity contribution in [2.24, 2.45) is 0 Å². The Hall–Kier alpha value is -3.37. The molecule has 1 atom stereocenters. The largest absolute Gasteiger partial charge is 0.481 e. The molecule has 1 aliphatic rings. The number of pyridine rings is 1. The van der Waals surface area contributed by atoms with Crippen LogP contribution < -0.4 is 15.0 Å². The van der Waals surface area contributed by atoms with Crippen molar-refractivity contribution in [3.63, 3.8) is 0 Å². The summed E-state index contributed by atoms with van der Waals surface area (Å²) in [6, 6.07) is -2.07. The maximum absolute atomic E-state index is 15.5. The number of nitrogens with zero attached hydrogens (tertiary/aromatic N) is 4. The van der Waals surface area contributed by atoms with Gasteiger partial charge in [0.05, 0.1) is 37.2 Å². The standard InChI is InChI=1S/C19H21F2N5O4/c1-10-6-13-16(23-7-10)15(17(29)22-5-4-14(27)28)19(20,21)26(13)8-12-11(2)18(30-3)25-9-24-12/h6-7,9,15H,4-5,8H2,1-3H3,(H,22,29)(H,27,28). The van der Waals surface area contributed by atoms with Gasteiger partial charge < -0.3 is 20.1 Å². The molecule has 0 bridgehead atoms. The number of hydrogen-bond acceptors (Lipinski definition) is 7. The number of aliphatic carboxylic acids is 1. The van der Waals surface area contributed by atoms with Gasteiger partial charge >= 0.3 is 12.0 Å². The number of ether oxygens (including phenoxy) is 1. The van der Waals surface area contributed by atoms with Crippen molar-refractivity contribution < 1.29 is 28.2 Å². The first kappa shape index (κ1) is 21.3. The first-order valence-corrected chi connectivity index (χ1v) is 9.12. The van der Waals surface area contributed by atoms with Gasteiger partial charge in [-0.2, -0.15) is 8.78 Å². The zero-order chi connectivity index (χ0) is 22.1. The lowest BCUT2D eigenvalue weighted by Gasteiger charge is -2.29. The van der Waals surface area contributed by atoms with Crippen LogP contribution in [-0.2, 0) is 16.1 Å². The minimum absolute atomic E-state index is 0.0721. The van der Waals surface area contributed by atoms with E-state index in [-0.39, 0.29) is 36.8 Å². The minimum Gasteiger partial charge on any atom is -0.481 e. The molecule has 160 valence electrons. The van der Waals surface area contributed by atoms with Gasteiger partial charge in [-0.15, -0.1) is 0 Å². The van der Waals surface area contributed by atoms with Crippen molar-refractivity contribution in [2.45, 2.75) is 38.8 Å². The third kappa shape index (κ3) is 3.87. The third-order valence-electron chi connectivity index (χ3n) is 4.85. The summed E-state index contributed by atoms with van der Waals surface area (Å²) in [4.78, 5) is 36.2. The van der Waals surface area contributed by atoms with E-state index in [1.165, 1.54) is 25.7 Å². The molecular weight excluding hydrogens is 400 g/mol. The van der Waals surface area contributed by atoms with Crippen molar-refractivity contribution in [1.29, 1.82) is 0 Å². The van der Waals surface area contributed by atoms with Crippen LogP contribution in [0.15, 0.2) is 18.6 Å². The average Bonchev–Trinajstić information content (AvgIpc) is 2.89. The number of aryl methyl sites for hydroxylation is 1. The van der Waals surface area contributed by atoms with E-state index in [4.69, 9.17) is 9.84 Å². The smallest absolute Gasteiger partial charge is 0.343 e. The molecular formula is C19H21F2N5O4. The predicted molar refractivity (Wildman–Crippen MR) is 101 cm³/mol. The lowest BCUT2D eigenvalue weighted by Crippen LogP contribution is -2.46. The third-order valence-corrected chi connectivity index (χ3v) is 4.85. The number of carboxylic acids is 1. The van der Waals surface area contributed by atoms with Gasteiger partial charge in [0, 0.05) is 18.3 Å². The Morgan fingerprint density at radius 2 is 2.03 bits per heavy atom. The van der Waals surface area contributed by atoms with E-state index >= 15 is 8.78 Å². The molecule has 1 aliphatic heterocycles. The van der Waals surface area contributed by atoms with Gasteiger partial charge in [0.1, 0.15) is 6.33 Å². The summed E-state index contributed by atoms with van der Waals surface area (Å²) in [7, 11) is 1.42. The van der Waals surface area contributed by atoms with E-state index in [2.05, 4.69) is 20.3 Å². The monoisotopic (exact) mass is 421 g/mol. The average molecular weight is 421 g/mol. The number of methoxy groups -OCH3 is 1. The van der Waals surface area contributed by atoms with Gasteiger partial charge in [0.15, 0.2) is 5.92 Å². The fraction of sp³-hybridized carbons (Fsp3) is 0.421. The zero-order valence-electron chi connectivity index (χ0n) is 16.6. The number of amides is 1. The quantitative estimate of drug-likeness (QED) is 0.650. The predicted octanol–water partition coefficient (Wildman–Crippen LogP) is 1.78. The Morgan fingerprint density at radius 3 is 2.70 bits per heavy atom. The number of alkyl halides is 2. The van der Waals surface area contributed by atoms with Gasteiger partial charge in [0.2, 0.25) is 11.8 Å². The molecule has 1 unspecified atom stereocenters. The number of aromatic nitrogens is 3. The molecule has 0 radical (unpaired) electrons. The lowest BCUT2D eigenvalue weighted by atomic mass is 10.0. The Bertz CT molecular complexity index is 985. The number of fused-ring (bicyclic) bond motifs is 1. The molecule has 0 saturated heterocycles. The molecule has 3 heterocycles. The summed E-state index contributed by atoms with van der Waals surface area (Å²) in [5, 5.41) is 11.0. The van der Waals surface area contributed by atoms with Crippen molar-refractivity contribution in [2.75, 3.05) is 18.6 Å². The van der Waals surface area contributed by atoms with Crippen molar-refractivity contribution in [3.05, 3.63) is 41.1 Å². The van der Waals surface area contributed by atoms with E-state index in [9.17, 15) is 9.59 Å². The van der Waals surface area contributed by atoms with Crippen molar-refractivity contribution in [3.8, 4) is 5.88 Å². The highest BCUT2D eigenvalue weighted by Gasteiger charge is 2.58. The summed E-state index contributed by atoms with van der Waals surface area (Å²) >= 11 is 0. The molecule has 9 nitrogen and oxygen atoms in total. The first-order chi connectivity index (χ1) is 14.2. The molecule has 1 amide bonds. The van der Waals surface area contributed by atoms with E-state index in [0.717, 1.165) is 4.90 Å². The van der Waals surface area contributed by atoms with E-state index in [1.807, 2.05) is 0 Å². The summed E-state index contributed by atoms with van der Waals surface area (Å²) in [5.41, 5.74) is 1.53. The van der Waals surface area contributed by atoms with Gasteiger partial charge in [-0.25, -0.2) is 9.97 Å². The Kier molecular flexibility index (Phi) is 5.81. The number of halogens is 2. The maximum atomic E-state index is 15.5. The van der Waals surface area contributed by atoms with Crippen LogP contribution in [0.25, 0.3) is 0 Å². The topological polar surface area (TPSA) is 118 Å². The molecule has 11 heteroatoms. The molecule has 2 N–H and O–H groups in total. The van der Waals surface area contributed by atoms with Crippen molar-refractivity contribution >= 4 is 17.6 Å². The van der Waals surface area contributed by atoms with Gasteiger partial charge in [-0.3, -0.25) is 14.6 Å². The Balaban J connectivity index is 1.98. The second-order valence-electron chi connectivity index (χ2n) is 6.91. The van der Waals surface area contributed by atoms with E-state index < -0.39 is 23.8 Å². The van der Waals surface area contributed by atoms with E-state index in [1.54, 1.807) is 13.8 Å². The zero-order valence-corrected chi connectivity index (χ0v) is 16.6. The van der Waals surface area contributed by atoms with Crippen LogP contribution in [-0.4, -0.2) is 51.6 Å². The summed E-state index contributed by atoms with van der Waals surface area (Å²) < 4.78 is 36.1. The number of rotatable bonds is 7. The molecule has 30 heavy (non-hydrogen) atoms. The molecule has 0 fully saturated rings. The van der Waals surface area contributed by atoms with Gasteiger partial charge in [0.25, 0.3) is 0 Å². The molecule has 0 saturated carbocycles. The second kappa shape index (κ2) is 8.17. The number of carbonyl (C=O) groups excluding carboxylic acids is 1. The van der Waals surface area contributed by atoms with Crippen LogP contribution in [0.2, 0.25) is 0 Å². The molecule has 0 spiro atoms. The number of hydrogen-bond donors (Lipinski definition) is 2. The molecule has 2 aromatic rings. The molecule has 0 aliphatic carbocycles. The maximum Gasteiger partial charge on any atom is 0.343 e. The molecule has 2 aromatic heterocycles. The second-order valence-corrected chi connectivity index (χ2v) is 6.91. The summed E-state index contributed by atoms with van der Waals surface area (Å²) in [6.45, 7) is 2.82. The SMILES string of the molecule is COc1ncnc(CN2c3cc(C)cnc3C(C(=O)NCCC(=O)O)C2(F)F)c1C. The Morgan fingerprint density at radius 1 is 1.30 bits per heavy atom. The van der Waals surface area contributed by atoms with Crippen LogP contribution in [0.5, 0.6) is 5.88 Å². The van der Waals surface area contributed by atoms with Crippen LogP contribution in [0, 0.1) is 13.8 Å². The number of nitrogens with one attached hydrogen (secondary N) is 1. The highest BCUT2D eigenvalue weighted by Crippen LogP contribution is 2.49.